The molecule has 2 aromatic carbocycles. The first-order valence-electron chi connectivity index (χ1n) is 8.24. The highest BCUT2D eigenvalue weighted by Crippen LogP contribution is 2.37. The predicted molar refractivity (Wildman–Crippen MR) is 92.6 cm³/mol. The second kappa shape index (κ2) is 4.93. The fourth-order valence-electron chi connectivity index (χ4n) is 4.00. The first-order valence-corrected chi connectivity index (χ1v) is 8.24. The molecular formula is C21H15NO3. The Kier molecular flexibility index (Phi) is 2.80. The van der Waals surface area contributed by atoms with Gasteiger partial charge in [0, 0.05) is 30.4 Å². The first kappa shape index (κ1) is 14.2. The number of ketones is 2. The van der Waals surface area contributed by atoms with Crippen LogP contribution >= 0.6 is 0 Å². The largest absolute Gasteiger partial charge is 0.496 e. The van der Waals surface area contributed by atoms with Crippen LogP contribution in [0.15, 0.2) is 48.7 Å². The maximum absolute atomic E-state index is 13.2. The summed E-state index contributed by atoms with van der Waals surface area (Å²) in [5, 5.41) is 0. The summed E-state index contributed by atoms with van der Waals surface area (Å²) in [6.45, 7) is 0.687. The lowest BCUT2D eigenvalue weighted by Crippen LogP contribution is -2.22. The van der Waals surface area contributed by atoms with Gasteiger partial charge in [-0.2, -0.15) is 0 Å². The van der Waals surface area contributed by atoms with Crippen molar-refractivity contribution < 1.29 is 14.3 Å². The van der Waals surface area contributed by atoms with E-state index in [1.807, 2.05) is 22.9 Å². The summed E-state index contributed by atoms with van der Waals surface area (Å²) < 4.78 is 7.39. The molecule has 4 nitrogen and oxygen atoms in total. The third-order valence-electron chi connectivity index (χ3n) is 5.20. The molecule has 122 valence electrons. The van der Waals surface area contributed by atoms with Crippen molar-refractivity contribution in [2.24, 2.45) is 0 Å². The number of aromatic nitrogens is 1. The standard InChI is InChI=1S/C21H15NO3/c1-25-17-8-4-7-14-19(17)21(24)18-15(20(14)23)11-22-10-13-6-3-2-5-12(13)9-16(18)22/h2-8,11H,9-10H2,1H3. The summed E-state index contributed by atoms with van der Waals surface area (Å²) in [6, 6.07) is 13.4. The fourth-order valence-corrected chi connectivity index (χ4v) is 4.00. The van der Waals surface area contributed by atoms with Crippen molar-refractivity contribution >= 4 is 11.6 Å². The van der Waals surface area contributed by atoms with Crippen molar-refractivity contribution in [1.82, 2.24) is 4.57 Å². The van der Waals surface area contributed by atoms with E-state index in [9.17, 15) is 9.59 Å². The summed E-state index contributed by atoms with van der Waals surface area (Å²) in [5.74, 6) is 0.238. The Morgan fingerprint density at radius 2 is 1.68 bits per heavy atom. The number of hydrogen-bond donors (Lipinski definition) is 0. The zero-order valence-corrected chi connectivity index (χ0v) is 13.7. The van der Waals surface area contributed by atoms with E-state index in [2.05, 4.69) is 12.1 Å². The second-order valence-corrected chi connectivity index (χ2v) is 6.48. The molecule has 0 bridgehead atoms. The topological polar surface area (TPSA) is 48.3 Å². The molecule has 0 unspecified atom stereocenters. The molecule has 2 heterocycles. The number of methoxy groups -OCH3 is 1. The Morgan fingerprint density at radius 3 is 2.48 bits per heavy atom. The van der Waals surface area contributed by atoms with Gasteiger partial charge in [-0.25, -0.2) is 0 Å². The number of carbonyl (C=O) groups excluding carboxylic acids is 2. The van der Waals surface area contributed by atoms with Crippen molar-refractivity contribution in [1.29, 1.82) is 0 Å². The van der Waals surface area contributed by atoms with Crippen LogP contribution in [-0.4, -0.2) is 23.2 Å². The van der Waals surface area contributed by atoms with Crippen LogP contribution in [0, 0.1) is 0 Å². The van der Waals surface area contributed by atoms with E-state index >= 15 is 0 Å². The minimum Gasteiger partial charge on any atom is -0.496 e. The Morgan fingerprint density at radius 1 is 0.880 bits per heavy atom. The Balaban J connectivity index is 1.74. The molecule has 0 fully saturated rings. The number of benzene rings is 2. The highest BCUT2D eigenvalue weighted by Gasteiger charge is 2.37. The first-order chi connectivity index (χ1) is 12.2. The number of rotatable bonds is 1. The van der Waals surface area contributed by atoms with Crippen molar-refractivity contribution in [3.8, 4) is 5.75 Å². The van der Waals surface area contributed by atoms with Gasteiger partial charge in [-0.1, -0.05) is 36.4 Å². The van der Waals surface area contributed by atoms with Gasteiger partial charge in [0.2, 0.25) is 0 Å². The van der Waals surface area contributed by atoms with E-state index in [1.54, 1.807) is 18.2 Å². The molecule has 0 radical (unpaired) electrons. The van der Waals surface area contributed by atoms with E-state index in [4.69, 9.17) is 4.74 Å². The average Bonchev–Trinajstić information content (AvgIpc) is 3.02. The van der Waals surface area contributed by atoms with Crippen molar-refractivity contribution in [3.05, 3.63) is 87.7 Å². The molecule has 25 heavy (non-hydrogen) atoms. The minimum atomic E-state index is -0.116. The third kappa shape index (κ3) is 1.82. The Hall–Kier alpha value is -3.14. The highest BCUT2D eigenvalue weighted by molar-refractivity contribution is 6.29. The maximum atomic E-state index is 13.2. The van der Waals surface area contributed by atoms with E-state index in [0.29, 0.717) is 41.0 Å². The van der Waals surface area contributed by atoms with Crippen molar-refractivity contribution in [2.75, 3.05) is 7.11 Å². The number of ether oxygens (including phenoxy) is 1. The van der Waals surface area contributed by atoms with Crippen LogP contribution in [0.4, 0.5) is 0 Å². The lowest BCUT2D eigenvalue weighted by molar-refractivity contribution is 0.0977. The van der Waals surface area contributed by atoms with Crippen LogP contribution in [0.25, 0.3) is 0 Å². The highest BCUT2D eigenvalue weighted by atomic mass is 16.5. The third-order valence-corrected chi connectivity index (χ3v) is 5.20. The smallest absolute Gasteiger partial charge is 0.200 e. The average molecular weight is 329 g/mol. The molecule has 1 aliphatic carbocycles. The van der Waals surface area contributed by atoms with Crippen molar-refractivity contribution in [3.63, 3.8) is 0 Å². The molecule has 4 heteroatoms. The van der Waals surface area contributed by atoms with Gasteiger partial charge in [-0.05, 0) is 17.2 Å². The molecule has 0 N–H and O–H groups in total. The van der Waals surface area contributed by atoms with Crippen LogP contribution < -0.4 is 4.74 Å². The summed E-state index contributed by atoms with van der Waals surface area (Å²) in [6.07, 6.45) is 2.50. The molecule has 2 aliphatic rings. The van der Waals surface area contributed by atoms with Gasteiger partial charge in [0.1, 0.15) is 5.75 Å². The van der Waals surface area contributed by atoms with Crippen LogP contribution in [0.2, 0.25) is 0 Å². The van der Waals surface area contributed by atoms with Crippen LogP contribution in [0.1, 0.15) is 48.7 Å². The van der Waals surface area contributed by atoms with E-state index < -0.39 is 0 Å². The zero-order valence-electron chi connectivity index (χ0n) is 13.7. The van der Waals surface area contributed by atoms with Gasteiger partial charge >= 0.3 is 0 Å². The quantitative estimate of drug-likeness (QED) is 0.474. The van der Waals surface area contributed by atoms with Gasteiger partial charge in [0.25, 0.3) is 0 Å². The number of fused-ring (bicyclic) bond motifs is 5. The summed E-state index contributed by atoms with van der Waals surface area (Å²) >= 11 is 0. The van der Waals surface area contributed by atoms with E-state index in [-0.39, 0.29) is 11.6 Å². The molecule has 0 saturated heterocycles. The number of hydrogen-bond acceptors (Lipinski definition) is 3. The van der Waals surface area contributed by atoms with Crippen LogP contribution in [0.5, 0.6) is 5.75 Å². The number of carbonyl (C=O) groups is 2. The molecule has 3 aromatic rings. The fraction of sp³-hybridized carbons (Fsp3) is 0.143. The molecule has 0 saturated carbocycles. The zero-order chi connectivity index (χ0) is 17.1. The van der Waals surface area contributed by atoms with Crippen molar-refractivity contribution in [2.45, 2.75) is 13.0 Å². The molecule has 1 aliphatic heterocycles. The Labute approximate surface area is 144 Å². The lowest BCUT2D eigenvalue weighted by Gasteiger charge is -2.21. The van der Waals surface area contributed by atoms with Gasteiger partial charge < -0.3 is 9.30 Å². The van der Waals surface area contributed by atoms with Gasteiger partial charge in [0.05, 0.1) is 23.8 Å². The normalized spacial score (nSPS) is 14.4. The summed E-state index contributed by atoms with van der Waals surface area (Å²) in [4.78, 5) is 26.2. The molecule has 5 rings (SSSR count). The molecule has 0 spiro atoms. The molecular weight excluding hydrogens is 314 g/mol. The van der Waals surface area contributed by atoms with Gasteiger partial charge in [-0.3, -0.25) is 9.59 Å². The maximum Gasteiger partial charge on any atom is 0.200 e. The monoisotopic (exact) mass is 329 g/mol. The summed E-state index contributed by atoms with van der Waals surface area (Å²) in [7, 11) is 1.52. The lowest BCUT2D eigenvalue weighted by atomic mass is 9.83. The van der Waals surface area contributed by atoms with Crippen LogP contribution in [0.3, 0.4) is 0 Å². The van der Waals surface area contributed by atoms with Gasteiger partial charge in [0.15, 0.2) is 11.6 Å². The predicted octanol–water partition coefficient (Wildman–Crippen LogP) is 3.22. The van der Waals surface area contributed by atoms with E-state index in [0.717, 1.165) is 5.69 Å². The number of nitrogens with zero attached hydrogens (tertiary/aromatic N) is 1. The molecule has 1 aromatic heterocycles. The van der Waals surface area contributed by atoms with Gasteiger partial charge in [-0.15, -0.1) is 0 Å². The minimum absolute atomic E-state index is 0.102. The van der Waals surface area contributed by atoms with Crippen LogP contribution in [-0.2, 0) is 13.0 Å². The Bertz CT molecular complexity index is 1070. The summed E-state index contributed by atoms with van der Waals surface area (Å²) in [5.41, 5.74) is 5.22. The molecule has 0 amide bonds. The van der Waals surface area contributed by atoms with E-state index in [1.165, 1.54) is 18.2 Å². The molecule has 0 atom stereocenters. The second-order valence-electron chi connectivity index (χ2n) is 6.48. The SMILES string of the molecule is COc1cccc2c1C(=O)c1c(cn3c1Cc1ccccc1C3)C2=O.